The molecular weight excluding hydrogens is 392 g/mol. The van der Waals surface area contributed by atoms with E-state index in [2.05, 4.69) is 10.0 Å². The van der Waals surface area contributed by atoms with Gasteiger partial charge in [0.05, 0.1) is 10.5 Å². The van der Waals surface area contributed by atoms with Crippen LogP contribution in [-0.2, 0) is 19.6 Å². The molecule has 29 heavy (non-hydrogen) atoms. The molecule has 0 aliphatic carbocycles. The van der Waals surface area contributed by atoms with Crippen molar-refractivity contribution in [3.8, 4) is 0 Å². The number of anilines is 1. The Kier molecular flexibility index (Phi) is 7.16. The monoisotopic (exact) mass is 418 g/mol. The number of nitrogens with one attached hydrogen (secondary N) is 2. The molecule has 0 aliphatic heterocycles. The number of rotatable bonds is 7. The largest absolute Gasteiger partial charge is 0.449 e. The van der Waals surface area contributed by atoms with Crippen LogP contribution in [0, 0.1) is 13.8 Å². The van der Waals surface area contributed by atoms with Gasteiger partial charge in [-0.05, 0) is 71.0 Å². The van der Waals surface area contributed by atoms with Gasteiger partial charge in [-0.3, -0.25) is 4.79 Å². The number of benzene rings is 2. The van der Waals surface area contributed by atoms with Crippen LogP contribution in [-0.4, -0.2) is 32.4 Å². The standard InChI is InChI=1S/C21H26N2O5S/c1-13(2)23-29(26,27)19-8-6-18(7-9-19)22-20(24)16(5)28-21(25)17-11-14(3)10-15(4)12-17/h6-13,16,23H,1-5H3,(H,22,24)/t16-/m1/s1. The number of esters is 1. The van der Waals surface area contributed by atoms with E-state index in [1.54, 1.807) is 26.0 Å². The molecule has 0 heterocycles. The lowest BCUT2D eigenvalue weighted by atomic mass is 10.1. The van der Waals surface area contributed by atoms with Crippen LogP contribution in [0.5, 0.6) is 0 Å². The smallest absolute Gasteiger partial charge is 0.338 e. The third-order valence-electron chi connectivity index (χ3n) is 3.93. The molecule has 7 nitrogen and oxygen atoms in total. The Balaban J connectivity index is 2.01. The summed E-state index contributed by atoms with van der Waals surface area (Å²) in [5.74, 6) is -1.10. The molecule has 1 amide bonds. The van der Waals surface area contributed by atoms with Gasteiger partial charge < -0.3 is 10.1 Å². The second-order valence-electron chi connectivity index (χ2n) is 7.21. The van der Waals surface area contributed by atoms with E-state index in [0.717, 1.165) is 11.1 Å². The fourth-order valence-corrected chi connectivity index (χ4v) is 3.97. The van der Waals surface area contributed by atoms with Gasteiger partial charge in [0.2, 0.25) is 10.0 Å². The van der Waals surface area contributed by atoms with E-state index >= 15 is 0 Å². The number of carbonyl (C=O) groups is 2. The molecule has 2 aromatic rings. The predicted octanol–water partition coefficient (Wildman–Crippen LogP) is 3.17. The summed E-state index contributed by atoms with van der Waals surface area (Å²) >= 11 is 0. The summed E-state index contributed by atoms with van der Waals surface area (Å²) in [6.45, 7) is 8.68. The second kappa shape index (κ2) is 9.19. The highest BCUT2D eigenvalue weighted by Crippen LogP contribution is 2.16. The third-order valence-corrected chi connectivity index (χ3v) is 5.61. The maximum atomic E-state index is 12.3. The van der Waals surface area contributed by atoms with E-state index in [-0.39, 0.29) is 10.9 Å². The first-order valence-corrected chi connectivity index (χ1v) is 10.7. The summed E-state index contributed by atoms with van der Waals surface area (Å²) in [6.07, 6.45) is -1.02. The quantitative estimate of drug-likeness (QED) is 0.673. The summed E-state index contributed by atoms with van der Waals surface area (Å²) < 4.78 is 32.0. The molecule has 0 fully saturated rings. The third kappa shape index (κ3) is 6.40. The van der Waals surface area contributed by atoms with E-state index in [1.807, 2.05) is 19.9 Å². The highest BCUT2D eigenvalue weighted by Gasteiger charge is 2.20. The van der Waals surface area contributed by atoms with Crippen molar-refractivity contribution in [3.63, 3.8) is 0 Å². The van der Waals surface area contributed by atoms with Gasteiger partial charge in [-0.15, -0.1) is 0 Å². The van der Waals surface area contributed by atoms with Gasteiger partial charge in [0.15, 0.2) is 6.10 Å². The minimum Gasteiger partial charge on any atom is -0.449 e. The number of aryl methyl sites for hydroxylation is 2. The van der Waals surface area contributed by atoms with Crippen LogP contribution in [0.25, 0.3) is 0 Å². The minimum absolute atomic E-state index is 0.0958. The average molecular weight is 419 g/mol. The number of amides is 1. The Labute approximate surface area is 171 Å². The summed E-state index contributed by atoms with van der Waals surface area (Å²) in [6, 6.07) is 10.9. The number of hydrogen-bond donors (Lipinski definition) is 2. The molecule has 8 heteroatoms. The Morgan fingerprint density at radius 2 is 1.48 bits per heavy atom. The van der Waals surface area contributed by atoms with Gasteiger partial charge >= 0.3 is 5.97 Å². The highest BCUT2D eigenvalue weighted by atomic mass is 32.2. The van der Waals surface area contributed by atoms with Gasteiger partial charge in [-0.25, -0.2) is 17.9 Å². The molecule has 2 aromatic carbocycles. The molecule has 0 saturated carbocycles. The van der Waals surface area contributed by atoms with Gasteiger partial charge in [0.25, 0.3) is 5.91 Å². The molecule has 1 atom stereocenters. The van der Waals surface area contributed by atoms with Crippen LogP contribution < -0.4 is 10.0 Å². The van der Waals surface area contributed by atoms with E-state index in [4.69, 9.17) is 4.74 Å². The van der Waals surface area contributed by atoms with Crippen molar-refractivity contribution in [2.45, 2.75) is 51.7 Å². The molecule has 0 saturated heterocycles. The van der Waals surface area contributed by atoms with Crippen LogP contribution in [0.15, 0.2) is 47.4 Å². The van der Waals surface area contributed by atoms with Crippen molar-refractivity contribution < 1.29 is 22.7 Å². The van der Waals surface area contributed by atoms with Gasteiger partial charge in [0, 0.05) is 11.7 Å². The topological polar surface area (TPSA) is 102 Å². The molecule has 0 aromatic heterocycles. The van der Waals surface area contributed by atoms with E-state index in [1.165, 1.54) is 31.2 Å². The fraction of sp³-hybridized carbons (Fsp3) is 0.333. The Morgan fingerprint density at radius 1 is 0.931 bits per heavy atom. The molecule has 0 radical (unpaired) electrons. The Hall–Kier alpha value is -2.71. The predicted molar refractivity (Wildman–Crippen MR) is 111 cm³/mol. The first-order chi connectivity index (χ1) is 13.5. The van der Waals surface area contributed by atoms with Crippen LogP contribution in [0.3, 0.4) is 0 Å². The van der Waals surface area contributed by atoms with Crippen molar-refractivity contribution in [1.82, 2.24) is 4.72 Å². The molecule has 156 valence electrons. The first-order valence-electron chi connectivity index (χ1n) is 9.20. The van der Waals surface area contributed by atoms with Crippen molar-refractivity contribution >= 4 is 27.6 Å². The maximum Gasteiger partial charge on any atom is 0.338 e. The average Bonchev–Trinajstić information content (AvgIpc) is 2.60. The van der Waals surface area contributed by atoms with Crippen molar-refractivity contribution in [2.75, 3.05) is 5.32 Å². The highest BCUT2D eigenvalue weighted by molar-refractivity contribution is 7.89. The molecule has 0 spiro atoms. The molecule has 0 bridgehead atoms. The molecule has 0 aliphatic rings. The van der Waals surface area contributed by atoms with E-state index in [0.29, 0.717) is 11.3 Å². The number of hydrogen-bond acceptors (Lipinski definition) is 5. The molecule has 2 N–H and O–H groups in total. The van der Waals surface area contributed by atoms with Crippen molar-refractivity contribution in [1.29, 1.82) is 0 Å². The fourth-order valence-electron chi connectivity index (χ4n) is 2.71. The van der Waals surface area contributed by atoms with Crippen LogP contribution >= 0.6 is 0 Å². The molecule has 0 unspecified atom stereocenters. The zero-order valence-electron chi connectivity index (χ0n) is 17.1. The van der Waals surface area contributed by atoms with Crippen LogP contribution in [0.4, 0.5) is 5.69 Å². The summed E-state index contributed by atoms with van der Waals surface area (Å²) in [7, 11) is -3.61. The minimum atomic E-state index is -3.61. The Bertz CT molecular complexity index is 978. The lowest BCUT2D eigenvalue weighted by molar-refractivity contribution is -0.123. The van der Waals surface area contributed by atoms with Crippen LogP contribution in [0.1, 0.15) is 42.3 Å². The second-order valence-corrected chi connectivity index (χ2v) is 8.93. The van der Waals surface area contributed by atoms with E-state index in [9.17, 15) is 18.0 Å². The zero-order chi connectivity index (χ0) is 21.8. The van der Waals surface area contributed by atoms with E-state index < -0.39 is 28.0 Å². The Morgan fingerprint density at radius 3 is 2.00 bits per heavy atom. The zero-order valence-corrected chi connectivity index (χ0v) is 18.0. The molecular formula is C21H26N2O5S. The van der Waals surface area contributed by atoms with Gasteiger partial charge in [-0.2, -0.15) is 0 Å². The van der Waals surface area contributed by atoms with Crippen molar-refractivity contribution in [2.24, 2.45) is 0 Å². The lowest BCUT2D eigenvalue weighted by Crippen LogP contribution is -2.30. The SMILES string of the molecule is Cc1cc(C)cc(C(=O)O[C@H](C)C(=O)Nc2ccc(S(=O)(=O)NC(C)C)cc2)c1. The summed E-state index contributed by atoms with van der Waals surface area (Å²) in [5.41, 5.74) is 2.63. The van der Waals surface area contributed by atoms with Crippen molar-refractivity contribution in [3.05, 3.63) is 59.2 Å². The van der Waals surface area contributed by atoms with Gasteiger partial charge in [-0.1, -0.05) is 17.2 Å². The maximum absolute atomic E-state index is 12.3. The first kappa shape index (κ1) is 22.6. The number of ether oxygens (including phenoxy) is 1. The van der Waals surface area contributed by atoms with Gasteiger partial charge in [0.1, 0.15) is 0 Å². The number of sulfonamides is 1. The van der Waals surface area contributed by atoms with Crippen LogP contribution in [0.2, 0.25) is 0 Å². The number of carbonyl (C=O) groups excluding carboxylic acids is 2. The summed E-state index contributed by atoms with van der Waals surface area (Å²) in [4.78, 5) is 24.7. The lowest BCUT2D eigenvalue weighted by Gasteiger charge is -2.14. The normalized spacial score (nSPS) is 12.5. The summed E-state index contributed by atoms with van der Waals surface area (Å²) in [5, 5.41) is 2.61. The molecule has 2 rings (SSSR count).